The van der Waals surface area contributed by atoms with Crippen molar-refractivity contribution < 1.29 is 41.0 Å². The number of thiophene rings is 1. The van der Waals surface area contributed by atoms with Gasteiger partial charge in [-0.15, -0.1) is 11.3 Å². The Kier molecular flexibility index (Phi) is 7.36. The average Bonchev–Trinajstić information content (AvgIpc) is 3.46. The maximum Gasteiger partial charge on any atom is 0.341 e. The van der Waals surface area contributed by atoms with Crippen molar-refractivity contribution in [3.63, 3.8) is 0 Å². The third kappa shape index (κ3) is 5.36. The van der Waals surface area contributed by atoms with E-state index < -0.39 is 47.5 Å². The molecule has 0 saturated heterocycles. The predicted octanol–water partition coefficient (Wildman–Crippen LogP) is 6.67. The van der Waals surface area contributed by atoms with Gasteiger partial charge in [-0.25, -0.2) is 13.6 Å². The van der Waals surface area contributed by atoms with Crippen LogP contribution in [0.15, 0.2) is 22.6 Å². The third-order valence-corrected chi connectivity index (χ3v) is 7.59. The standard InChI is InChI=1S/C26H25F4NO5S/c1-26(2,3)12-5-7-14-18(9-12)37-24(19(14)25(33)34-4)31-23(32)17-8-6-13(36-17)11-35-22-20(29)15(27)10-16(28)21(22)30/h6,8,10,12H,5,7,9,11H2,1-4H3,(H,31,32)/t12-/m1/s1. The molecule has 1 aliphatic rings. The van der Waals surface area contributed by atoms with Crippen LogP contribution in [0.2, 0.25) is 0 Å². The van der Waals surface area contributed by atoms with Gasteiger partial charge in [0.2, 0.25) is 11.6 Å². The van der Waals surface area contributed by atoms with Crippen molar-refractivity contribution in [2.75, 3.05) is 12.4 Å². The van der Waals surface area contributed by atoms with Gasteiger partial charge in [0.15, 0.2) is 23.1 Å². The number of carbonyl (C=O) groups excluding carboxylic acids is 2. The van der Waals surface area contributed by atoms with Crippen LogP contribution in [0.5, 0.6) is 5.75 Å². The van der Waals surface area contributed by atoms with Gasteiger partial charge in [0.25, 0.3) is 5.91 Å². The fraction of sp³-hybridized carbons (Fsp3) is 0.385. The van der Waals surface area contributed by atoms with E-state index in [-0.39, 0.29) is 23.0 Å². The number of carbonyl (C=O) groups is 2. The molecule has 1 N–H and O–H groups in total. The van der Waals surface area contributed by atoms with Crippen LogP contribution in [0.3, 0.4) is 0 Å². The molecular weight excluding hydrogens is 514 g/mol. The largest absolute Gasteiger partial charge is 0.479 e. The molecule has 37 heavy (non-hydrogen) atoms. The number of nitrogens with one attached hydrogen (secondary N) is 1. The summed E-state index contributed by atoms with van der Waals surface area (Å²) >= 11 is 1.32. The molecule has 2 aromatic heterocycles. The fourth-order valence-corrected chi connectivity index (χ4v) is 5.61. The summed E-state index contributed by atoms with van der Waals surface area (Å²) in [5, 5.41) is 3.04. The van der Waals surface area contributed by atoms with Gasteiger partial charge in [0, 0.05) is 10.9 Å². The normalized spacial score (nSPS) is 15.3. The molecule has 0 unspecified atom stereocenters. The van der Waals surface area contributed by atoms with E-state index in [1.807, 2.05) is 0 Å². The van der Waals surface area contributed by atoms with Gasteiger partial charge in [-0.05, 0) is 48.3 Å². The van der Waals surface area contributed by atoms with Crippen LogP contribution in [-0.2, 0) is 24.2 Å². The number of amides is 1. The Balaban J connectivity index is 1.51. The first-order chi connectivity index (χ1) is 17.4. The monoisotopic (exact) mass is 539 g/mol. The summed E-state index contributed by atoms with van der Waals surface area (Å²) < 4.78 is 69.6. The summed E-state index contributed by atoms with van der Waals surface area (Å²) in [4.78, 5) is 26.5. The number of benzene rings is 1. The lowest BCUT2D eigenvalue weighted by Gasteiger charge is -2.33. The fourth-order valence-electron chi connectivity index (χ4n) is 4.29. The molecule has 0 radical (unpaired) electrons. The second-order valence-electron chi connectivity index (χ2n) is 9.81. The molecule has 0 spiro atoms. The number of esters is 1. The van der Waals surface area contributed by atoms with E-state index in [4.69, 9.17) is 13.9 Å². The van der Waals surface area contributed by atoms with Crippen molar-refractivity contribution in [2.45, 2.75) is 46.6 Å². The molecule has 198 valence electrons. The van der Waals surface area contributed by atoms with Crippen molar-refractivity contribution in [1.29, 1.82) is 0 Å². The number of rotatable bonds is 6. The maximum absolute atomic E-state index is 13.8. The Bertz CT molecular complexity index is 1330. The van der Waals surface area contributed by atoms with Gasteiger partial charge in [-0.3, -0.25) is 4.79 Å². The zero-order valence-electron chi connectivity index (χ0n) is 20.6. The second kappa shape index (κ2) is 10.2. The van der Waals surface area contributed by atoms with E-state index in [0.29, 0.717) is 22.9 Å². The van der Waals surface area contributed by atoms with Crippen molar-refractivity contribution >= 4 is 28.2 Å². The Morgan fingerprint density at radius 1 is 1.14 bits per heavy atom. The number of halogens is 4. The Morgan fingerprint density at radius 2 is 1.81 bits per heavy atom. The third-order valence-electron chi connectivity index (χ3n) is 6.42. The lowest BCUT2D eigenvalue weighted by molar-refractivity contribution is 0.0600. The molecule has 1 atom stereocenters. The number of anilines is 1. The number of hydrogen-bond donors (Lipinski definition) is 1. The van der Waals surface area contributed by atoms with E-state index in [1.54, 1.807) is 0 Å². The SMILES string of the molecule is COC(=O)c1c(NC(=O)c2ccc(COc3c(F)c(F)cc(F)c3F)o2)sc2c1CC[C@@H](C(C)(C)C)C2. The first kappa shape index (κ1) is 26.7. The predicted molar refractivity (Wildman–Crippen MR) is 128 cm³/mol. The number of fused-ring (bicyclic) bond motifs is 1. The van der Waals surface area contributed by atoms with Crippen LogP contribution in [0, 0.1) is 34.6 Å². The summed E-state index contributed by atoms with van der Waals surface area (Å²) in [6.45, 7) is 5.92. The molecule has 0 bridgehead atoms. The van der Waals surface area contributed by atoms with Gasteiger partial charge >= 0.3 is 5.97 Å². The van der Waals surface area contributed by atoms with Crippen molar-refractivity contribution in [2.24, 2.45) is 11.3 Å². The molecular formula is C26H25F4NO5S. The van der Waals surface area contributed by atoms with E-state index in [1.165, 1.54) is 30.6 Å². The summed E-state index contributed by atoms with van der Waals surface area (Å²) in [6, 6.07) is 2.68. The molecule has 3 aromatic rings. The highest BCUT2D eigenvalue weighted by atomic mass is 32.1. The minimum Gasteiger partial charge on any atom is -0.479 e. The van der Waals surface area contributed by atoms with Crippen LogP contribution in [0.4, 0.5) is 22.6 Å². The molecule has 6 nitrogen and oxygen atoms in total. The average molecular weight is 540 g/mol. The van der Waals surface area contributed by atoms with Gasteiger partial charge < -0.3 is 19.2 Å². The number of ether oxygens (including phenoxy) is 2. The van der Waals surface area contributed by atoms with Gasteiger partial charge in [0.1, 0.15) is 17.4 Å². The van der Waals surface area contributed by atoms with Gasteiger partial charge in [-0.1, -0.05) is 20.8 Å². The molecule has 1 amide bonds. The lowest BCUT2D eigenvalue weighted by Crippen LogP contribution is -2.26. The zero-order chi connectivity index (χ0) is 27.1. The first-order valence-corrected chi connectivity index (χ1v) is 12.3. The summed E-state index contributed by atoms with van der Waals surface area (Å²) in [7, 11) is 1.27. The van der Waals surface area contributed by atoms with Crippen LogP contribution in [-0.4, -0.2) is 19.0 Å². The minimum atomic E-state index is -1.69. The van der Waals surface area contributed by atoms with Crippen LogP contribution < -0.4 is 10.1 Å². The van der Waals surface area contributed by atoms with Crippen LogP contribution in [0.25, 0.3) is 0 Å². The summed E-state index contributed by atoms with van der Waals surface area (Å²) in [5.74, 6) is -8.83. The van der Waals surface area contributed by atoms with Crippen molar-refractivity contribution in [3.05, 3.63) is 69.0 Å². The van der Waals surface area contributed by atoms with E-state index >= 15 is 0 Å². The van der Waals surface area contributed by atoms with E-state index in [0.717, 1.165) is 23.3 Å². The smallest absolute Gasteiger partial charge is 0.341 e. The molecule has 2 heterocycles. The number of hydrogen-bond acceptors (Lipinski definition) is 6. The van der Waals surface area contributed by atoms with Crippen LogP contribution in [0.1, 0.15) is 64.3 Å². The topological polar surface area (TPSA) is 77.8 Å². The van der Waals surface area contributed by atoms with E-state index in [9.17, 15) is 27.2 Å². The lowest BCUT2D eigenvalue weighted by atomic mass is 9.72. The highest BCUT2D eigenvalue weighted by Gasteiger charge is 2.34. The second-order valence-corrected chi connectivity index (χ2v) is 10.9. The van der Waals surface area contributed by atoms with Crippen molar-refractivity contribution in [1.82, 2.24) is 0 Å². The summed E-state index contributed by atoms with van der Waals surface area (Å²) in [6.07, 6.45) is 2.37. The Morgan fingerprint density at radius 3 is 2.43 bits per heavy atom. The number of methoxy groups -OCH3 is 1. The zero-order valence-corrected chi connectivity index (χ0v) is 21.4. The number of furan rings is 1. The molecule has 4 rings (SSSR count). The highest BCUT2D eigenvalue weighted by Crippen LogP contribution is 2.44. The highest BCUT2D eigenvalue weighted by molar-refractivity contribution is 7.17. The molecule has 1 aromatic carbocycles. The molecule has 11 heteroatoms. The summed E-state index contributed by atoms with van der Waals surface area (Å²) in [5.41, 5.74) is 1.27. The minimum absolute atomic E-state index is 0.0275. The Hall–Kier alpha value is -3.34. The van der Waals surface area contributed by atoms with Crippen LogP contribution >= 0.6 is 11.3 Å². The molecule has 0 fully saturated rings. The molecule has 0 aliphatic heterocycles. The van der Waals surface area contributed by atoms with Gasteiger partial charge in [-0.2, -0.15) is 8.78 Å². The quantitative estimate of drug-likeness (QED) is 0.215. The van der Waals surface area contributed by atoms with Gasteiger partial charge in [0.05, 0.1) is 12.7 Å². The Labute approximate surface area is 214 Å². The van der Waals surface area contributed by atoms with E-state index in [2.05, 4.69) is 26.1 Å². The first-order valence-electron chi connectivity index (χ1n) is 11.5. The molecule has 0 saturated carbocycles. The molecule has 1 aliphatic carbocycles. The van der Waals surface area contributed by atoms with Crippen molar-refractivity contribution in [3.8, 4) is 5.75 Å². The maximum atomic E-state index is 13.8.